The topological polar surface area (TPSA) is 125 Å². The van der Waals surface area contributed by atoms with Crippen LogP contribution in [0.2, 0.25) is 0 Å². The smallest absolute Gasteiger partial charge is 0.341 e. The minimum Gasteiger partial charge on any atom is -0.449 e. The summed E-state index contributed by atoms with van der Waals surface area (Å²) in [5, 5.41) is 13.3. The van der Waals surface area contributed by atoms with Crippen LogP contribution in [0.5, 0.6) is 0 Å². The van der Waals surface area contributed by atoms with Crippen molar-refractivity contribution < 1.29 is 19.2 Å². The van der Waals surface area contributed by atoms with Gasteiger partial charge in [-0.2, -0.15) is 0 Å². The lowest BCUT2D eigenvalue weighted by molar-refractivity contribution is -0.384. The van der Waals surface area contributed by atoms with Crippen LogP contribution >= 0.6 is 0 Å². The minimum atomic E-state index is -1.07. The molecule has 0 aliphatic heterocycles. The Hall–Kier alpha value is -3.42. The Balaban J connectivity index is 2.04. The van der Waals surface area contributed by atoms with E-state index in [1.54, 1.807) is 18.2 Å². The van der Waals surface area contributed by atoms with E-state index in [-0.39, 0.29) is 16.9 Å². The molecule has 0 spiro atoms. The Kier molecular flexibility index (Phi) is 5.33. The van der Waals surface area contributed by atoms with Crippen LogP contribution in [-0.4, -0.2) is 22.9 Å². The highest BCUT2D eigenvalue weighted by atomic mass is 16.6. The van der Waals surface area contributed by atoms with Crippen molar-refractivity contribution in [3.63, 3.8) is 0 Å². The zero-order chi connectivity index (χ0) is 18.6. The van der Waals surface area contributed by atoms with Gasteiger partial charge in [0, 0.05) is 17.8 Å². The fourth-order valence-corrected chi connectivity index (χ4v) is 2.09. The van der Waals surface area contributed by atoms with Gasteiger partial charge in [-0.1, -0.05) is 12.1 Å². The van der Waals surface area contributed by atoms with E-state index in [0.29, 0.717) is 5.69 Å². The summed E-state index contributed by atoms with van der Waals surface area (Å²) in [5.74, 6) is -1.33. The third-order valence-corrected chi connectivity index (χ3v) is 3.40. The number of nitrogens with zero attached hydrogens (tertiary/aromatic N) is 1. The molecule has 8 heteroatoms. The maximum atomic E-state index is 12.1. The second-order valence-electron chi connectivity index (χ2n) is 5.43. The molecule has 0 saturated carbocycles. The highest BCUT2D eigenvalue weighted by molar-refractivity contribution is 5.99. The lowest BCUT2D eigenvalue weighted by Gasteiger charge is -2.14. The molecule has 1 atom stereocenters. The first kappa shape index (κ1) is 17.9. The molecule has 0 aliphatic carbocycles. The van der Waals surface area contributed by atoms with Gasteiger partial charge in [0.25, 0.3) is 11.6 Å². The third-order valence-electron chi connectivity index (χ3n) is 3.40. The number of nitrogens with two attached hydrogens (primary N) is 1. The summed E-state index contributed by atoms with van der Waals surface area (Å²) in [7, 11) is 0. The van der Waals surface area contributed by atoms with Gasteiger partial charge in [0.1, 0.15) is 0 Å². The lowest BCUT2D eigenvalue weighted by Crippen LogP contribution is -2.30. The number of hydrogen-bond donors (Lipinski definition) is 2. The average molecular weight is 343 g/mol. The van der Waals surface area contributed by atoms with Crippen LogP contribution in [0.15, 0.2) is 42.5 Å². The highest BCUT2D eigenvalue weighted by Crippen LogP contribution is 2.21. The van der Waals surface area contributed by atoms with E-state index < -0.39 is 22.9 Å². The van der Waals surface area contributed by atoms with E-state index in [2.05, 4.69) is 5.32 Å². The Bertz CT molecular complexity index is 835. The Morgan fingerprint density at radius 3 is 2.56 bits per heavy atom. The highest BCUT2D eigenvalue weighted by Gasteiger charge is 2.21. The van der Waals surface area contributed by atoms with Crippen molar-refractivity contribution in [2.75, 3.05) is 11.1 Å². The number of nitrogens with one attached hydrogen (secondary N) is 1. The van der Waals surface area contributed by atoms with Gasteiger partial charge in [0.15, 0.2) is 6.10 Å². The fourth-order valence-electron chi connectivity index (χ4n) is 2.09. The van der Waals surface area contributed by atoms with Crippen molar-refractivity contribution >= 4 is 28.9 Å². The van der Waals surface area contributed by atoms with Gasteiger partial charge >= 0.3 is 5.97 Å². The molecule has 0 bridgehead atoms. The van der Waals surface area contributed by atoms with Crippen LogP contribution in [0.25, 0.3) is 0 Å². The number of ether oxygens (including phenoxy) is 1. The summed E-state index contributed by atoms with van der Waals surface area (Å²) >= 11 is 0. The van der Waals surface area contributed by atoms with Crippen LogP contribution in [0.3, 0.4) is 0 Å². The van der Waals surface area contributed by atoms with Crippen LogP contribution in [0, 0.1) is 17.0 Å². The first-order chi connectivity index (χ1) is 11.8. The Morgan fingerprint density at radius 2 is 1.96 bits per heavy atom. The van der Waals surface area contributed by atoms with Crippen LogP contribution in [0.1, 0.15) is 22.8 Å². The van der Waals surface area contributed by atoms with Crippen LogP contribution in [-0.2, 0) is 9.53 Å². The Labute approximate surface area is 143 Å². The quantitative estimate of drug-likeness (QED) is 0.372. The molecule has 3 N–H and O–H groups in total. The maximum absolute atomic E-state index is 12.1. The molecule has 2 rings (SSSR count). The normalized spacial score (nSPS) is 11.4. The van der Waals surface area contributed by atoms with Gasteiger partial charge in [-0.25, -0.2) is 4.79 Å². The largest absolute Gasteiger partial charge is 0.449 e. The predicted octanol–water partition coefficient (Wildman–Crippen LogP) is 2.67. The zero-order valence-electron chi connectivity index (χ0n) is 13.7. The van der Waals surface area contributed by atoms with Crippen molar-refractivity contribution in [2.45, 2.75) is 20.0 Å². The second-order valence-corrected chi connectivity index (χ2v) is 5.43. The summed E-state index contributed by atoms with van der Waals surface area (Å²) in [6.45, 7) is 3.31. The van der Waals surface area contributed by atoms with E-state index in [0.717, 1.165) is 17.7 Å². The second kappa shape index (κ2) is 7.43. The first-order valence-electron chi connectivity index (χ1n) is 7.40. The summed E-state index contributed by atoms with van der Waals surface area (Å²) < 4.78 is 5.08. The average Bonchev–Trinajstić information content (AvgIpc) is 2.54. The molecule has 0 unspecified atom stereocenters. The number of aryl methyl sites for hydroxylation is 1. The molecule has 0 aliphatic rings. The van der Waals surface area contributed by atoms with Crippen molar-refractivity contribution in [3.8, 4) is 0 Å². The number of amides is 1. The monoisotopic (exact) mass is 343 g/mol. The molecule has 2 aromatic rings. The van der Waals surface area contributed by atoms with Crippen LogP contribution < -0.4 is 11.1 Å². The molecule has 0 heterocycles. The molecule has 1 amide bonds. The fraction of sp³-hybridized carbons (Fsp3) is 0.176. The number of esters is 1. The molecule has 0 radical (unpaired) electrons. The summed E-state index contributed by atoms with van der Waals surface area (Å²) in [4.78, 5) is 34.3. The van der Waals surface area contributed by atoms with Crippen molar-refractivity contribution in [1.82, 2.24) is 0 Å². The van der Waals surface area contributed by atoms with Gasteiger partial charge in [0.05, 0.1) is 16.2 Å². The molecule has 2 aromatic carbocycles. The number of carbonyl (C=O) groups excluding carboxylic acids is 2. The van der Waals surface area contributed by atoms with E-state index in [4.69, 9.17) is 10.5 Å². The molecule has 0 saturated heterocycles. The minimum absolute atomic E-state index is 0.0409. The van der Waals surface area contributed by atoms with Crippen molar-refractivity contribution in [1.29, 1.82) is 0 Å². The molecule has 25 heavy (non-hydrogen) atoms. The van der Waals surface area contributed by atoms with E-state index >= 15 is 0 Å². The predicted molar refractivity (Wildman–Crippen MR) is 92.2 cm³/mol. The number of nitro benzene ring substituents is 1. The van der Waals surface area contributed by atoms with E-state index in [1.807, 2.05) is 13.0 Å². The standard InChI is InChI=1S/C17H17N3O5/c1-10-4-3-5-12(8-10)19-16(21)11(2)25-17(22)14-7-6-13(20(23)24)9-15(14)18/h3-9,11H,18H2,1-2H3,(H,19,21)/t11-/m1/s1. The number of carbonyl (C=O) groups is 2. The van der Waals surface area contributed by atoms with Gasteiger partial charge in [-0.15, -0.1) is 0 Å². The Morgan fingerprint density at radius 1 is 1.24 bits per heavy atom. The maximum Gasteiger partial charge on any atom is 0.341 e. The van der Waals surface area contributed by atoms with Gasteiger partial charge in [-0.3, -0.25) is 14.9 Å². The zero-order valence-corrected chi connectivity index (χ0v) is 13.7. The SMILES string of the molecule is Cc1cccc(NC(=O)[C@@H](C)OC(=O)c2ccc([N+](=O)[O-])cc2N)c1. The molecule has 0 fully saturated rings. The summed E-state index contributed by atoms with van der Waals surface area (Å²) in [5.41, 5.74) is 6.84. The number of hydrogen-bond acceptors (Lipinski definition) is 6. The first-order valence-corrected chi connectivity index (χ1v) is 7.40. The van der Waals surface area contributed by atoms with Gasteiger partial charge < -0.3 is 15.8 Å². The number of nitrogen functional groups attached to an aromatic ring is 1. The lowest BCUT2D eigenvalue weighted by atomic mass is 10.1. The summed E-state index contributed by atoms with van der Waals surface area (Å²) in [6, 6.07) is 10.6. The van der Waals surface area contributed by atoms with Gasteiger partial charge in [-0.05, 0) is 37.6 Å². The third kappa shape index (κ3) is 4.54. The number of nitro groups is 1. The molecule has 130 valence electrons. The molecular weight excluding hydrogens is 326 g/mol. The van der Waals surface area contributed by atoms with Crippen molar-refractivity contribution in [2.24, 2.45) is 0 Å². The number of rotatable bonds is 5. The molecule has 0 aromatic heterocycles. The van der Waals surface area contributed by atoms with E-state index in [9.17, 15) is 19.7 Å². The summed E-state index contributed by atoms with van der Waals surface area (Å²) in [6.07, 6.45) is -1.07. The molecular formula is C17H17N3O5. The number of anilines is 2. The number of benzene rings is 2. The number of non-ortho nitro benzene ring substituents is 1. The van der Waals surface area contributed by atoms with E-state index in [1.165, 1.54) is 13.0 Å². The van der Waals surface area contributed by atoms with Crippen molar-refractivity contribution in [3.05, 3.63) is 63.7 Å². The van der Waals surface area contributed by atoms with Crippen LogP contribution in [0.4, 0.5) is 17.1 Å². The molecule has 8 nitrogen and oxygen atoms in total. The van der Waals surface area contributed by atoms with Gasteiger partial charge in [0.2, 0.25) is 0 Å².